The van der Waals surface area contributed by atoms with Gasteiger partial charge in [0.05, 0.1) is 17.2 Å². The van der Waals surface area contributed by atoms with Crippen LogP contribution in [0.2, 0.25) is 0 Å². The molecule has 1 saturated carbocycles. The standard InChI is InChI=1S/C18H19F3N2O3/c1-12(15(24)23-17(11-22)9-3-2-4-10-17)26-16(25)13-5-7-14(8-6-13)18(19,20)21/h5-8,12H,2-4,9-10H2,1H3,(H,23,24)/t12-/m1/s1. The summed E-state index contributed by atoms with van der Waals surface area (Å²) in [4.78, 5) is 24.3. The first-order chi connectivity index (χ1) is 12.2. The van der Waals surface area contributed by atoms with Crippen molar-refractivity contribution in [1.82, 2.24) is 5.32 Å². The molecule has 0 aliphatic heterocycles. The molecule has 8 heteroatoms. The second-order valence-electron chi connectivity index (χ2n) is 6.37. The molecule has 1 aliphatic rings. The molecule has 0 spiro atoms. The van der Waals surface area contributed by atoms with Gasteiger partial charge >= 0.3 is 12.1 Å². The Balaban J connectivity index is 1.97. The molecule has 0 radical (unpaired) electrons. The van der Waals surface area contributed by atoms with Gasteiger partial charge in [0.15, 0.2) is 6.10 Å². The third-order valence-electron chi connectivity index (χ3n) is 4.38. The van der Waals surface area contributed by atoms with Gasteiger partial charge in [-0.2, -0.15) is 18.4 Å². The lowest BCUT2D eigenvalue weighted by Crippen LogP contribution is -2.52. The Kier molecular flexibility index (Phi) is 5.90. The number of carbonyl (C=O) groups is 2. The predicted molar refractivity (Wildman–Crippen MR) is 85.9 cm³/mol. The maximum absolute atomic E-state index is 12.5. The van der Waals surface area contributed by atoms with Crippen molar-refractivity contribution >= 4 is 11.9 Å². The maximum atomic E-state index is 12.5. The van der Waals surface area contributed by atoms with Crippen molar-refractivity contribution in [3.05, 3.63) is 35.4 Å². The molecule has 0 saturated heterocycles. The average molecular weight is 368 g/mol. The molecule has 0 heterocycles. The van der Waals surface area contributed by atoms with Crippen LogP contribution in [-0.2, 0) is 15.7 Å². The second-order valence-corrected chi connectivity index (χ2v) is 6.37. The highest BCUT2D eigenvalue weighted by atomic mass is 19.4. The third-order valence-corrected chi connectivity index (χ3v) is 4.38. The van der Waals surface area contributed by atoms with Crippen molar-refractivity contribution in [2.75, 3.05) is 0 Å². The highest BCUT2D eigenvalue weighted by Gasteiger charge is 2.35. The van der Waals surface area contributed by atoms with Gasteiger partial charge in [-0.3, -0.25) is 4.79 Å². The zero-order valence-electron chi connectivity index (χ0n) is 14.2. The summed E-state index contributed by atoms with van der Waals surface area (Å²) in [5.74, 6) is -1.51. The summed E-state index contributed by atoms with van der Waals surface area (Å²) in [6.07, 6.45) is -1.94. The second kappa shape index (κ2) is 7.77. The van der Waals surface area contributed by atoms with Crippen LogP contribution >= 0.6 is 0 Å². The van der Waals surface area contributed by atoms with Crippen molar-refractivity contribution in [3.8, 4) is 6.07 Å². The summed E-state index contributed by atoms with van der Waals surface area (Å²) < 4.78 is 42.6. The summed E-state index contributed by atoms with van der Waals surface area (Å²) in [5.41, 5.74) is -1.93. The molecule has 1 atom stereocenters. The molecule has 0 bridgehead atoms. The zero-order chi connectivity index (χ0) is 19.4. The van der Waals surface area contributed by atoms with E-state index in [9.17, 15) is 28.0 Å². The number of benzene rings is 1. The Morgan fingerprint density at radius 2 is 1.77 bits per heavy atom. The third kappa shape index (κ3) is 4.75. The van der Waals surface area contributed by atoms with Crippen LogP contribution in [0.1, 0.15) is 54.9 Å². The van der Waals surface area contributed by atoms with E-state index in [1.807, 2.05) is 0 Å². The molecule has 26 heavy (non-hydrogen) atoms. The summed E-state index contributed by atoms with van der Waals surface area (Å²) in [6, 6.07) is 5.66. The number of alkyl halides is 3. The van der Waals surface area contributed by atoms with Crippen molar-refractivity contribution in [1.29, 1.82) is 5.26 Å². The quantitative estimate of drug-likeness (QED) is 0.824. The lowest BCUT2D eigenvalue weighted by atomic mass is 9.83. The first-order valence-corrected chi connectivity index (χ1v) is 8.28. The summed E-state index contributed by atoms with van der Waals surface area (Å²) in [5, 5.41) is 12.0. The highest BCUT2D eigenvalue weighted by molar-refractivity contribution is 5.92. The van der Waals surface area contributed by atoms with E-state index in [4.69, 9.17) is 4.74 Å². The first kappa shape index (κ1) is 19.8. The molecule has 0 unspecified atom stereocenters. The van der Waals surface area contributed by atoms with Crippen LogP contribution in [-0.4, -0.2) is 23.5 Å². The molecule has 0 aromatic heterocycles. The number of rotatable bonds is 4. The van der Waals surface area contributed by atoms with Crippen molar-refractivity contribution < 1.29 is 27.5 Å². The Labute approximate surface area is 149 Å². The number of carbonyl (C=O) groups excluding carboxylic acids is 2. The molecule has 5 nitrogen and oxygen atoms in total. The zero-order valence-corrected chi connectivity index (χ0v) is 14.2. The average Bonchev–Trinajstić information content (AvgIpc) is 2.61. The van der Waals surface area contributed by atoms with Crippen LogP contribution in [0.5, 0.6) is 0 Å². The number of esters is 1. The number of halogens is 3. The number of nitrogens with one attached hydrogen (secondary N) is 1. The monoisotopic (exact) mass is 368 g/mol. The summed E-state index contributed by atoms with van der Waals surface area (Å²) >= 11 is 0. The topological polar surface area (TPSA) is 79.2 Å². The fraction of sp³-hybridized carbons (Fsp3) is 0.500. The van der Waals surface area contributed by atoms with Gasteiger partial charge in [0, 0.05) is 0 Å². The fourth-order valence-electron chi connectivity index (χ4n) is 2.83. The molecule has 1 amide bonds. The van der Waals surface area contributed by atoms with Crippen LogP contribution in [0, 0.1) is 11.3 Å². The van der Waals surface area contributed by atoms with Crippen molar-refractivity contribution in [2.45, 2.75) is 56.8 Å². The Hall–Kier alpha value is -2.56. The molecule has 1 aromatic rings. The molecule has 2 rings (SSSR count). The minimum atomic E-state index is -4.50. The number of hydrogen-bond donors (Lipinski definition) is 1. The van der Waals surface area contributed by atoms with Crippen molar-refractivity contribution in [3.63, 3.8) is 0 Å². The van der Waals surface area contributed by atoms with Gasteiger partial charge in [-0.15, -0.1) is 0 Å². The number of nitriles is 1. The molecular weight excluding hydrogens is 349 g/mol. The van der Waals surface area contributed by atoms with Crippen LogP contribution in [0.4, 0.5) is 13.2 Å². The number of hydrogen-bond acceptors (Lipinski definition) is 4. The highest BCUT2D eigenvalue weighted by Crippen LogP contribution is 2.29. The predicted octanol–water partition coefficient (Wildman–Crippen LogP) is 3.59. The summed E-state index contributed by atoms with van der Waals surface area (Å²) in [7, 11) is 0. The molecule has 140 valence electrons. The van der Waals surface area contributed by atoms with Gasteiger partial charge < -0.3 is 10.1 Å². The molecular formula is C18H19F3N2O3. The van der Waals surface area contributed by atoms with E-state index in [1.165, 1.54) is 6.92 Å². The van der Waals surface area contributed by atoms with E-state index in [0.717, 1.165) is 43.5 Å². The summed E-state index contributed by atoms with van der Waals surface area (Å²) in [6.45, 7) is 1.35. The van der Waals surface area contributed by atoms with Crippen LogP contribution in [0.25, 0.3) is 0 Å². The fourth-order valence-corrected chi connectivity index (χ4v) is 2.83. The molecule has 1 N–H and O–H groups in total. The minimum Gasteiger partial charge on any atom is -0.449 e. The van der Waals surface area contributed by atoms with E-state index < -0.39 is 35.3 Å². The lowest BCUT2D eigenvalue weighted by Gasteiger charge is -2.32. The Morgan fingerprint density at radius 1 is 1.19 bits per heavy atom. The Morgan fingerprint density at radius 3 is 2.27 bits per heavy atom. The minimum absolute atomic E-state index is 0.0923. The van der Waals surface area contributed by atoms with Gasteiger partial charge in [0.25, 0.3) is 5.91 Å². The number of amides is 1. The number of nitrogens with zero attached hydrogens (tertiary/aromatic N) is 1. The normalized spacial score (nSPS) is 17.7. The van der Waals surface area contributed by atoms with Gasteiger partial charge in [0.1, 0.15) is 5.54 Å². The van der Waals surface area contributed by atoms with E-state index in [-0.39, 0.29) is 5.56 Å². The van der Waals surface area contributed by atoms with Crippen LogP contribution in [0.3, 0.4) is 0 Å². The molecule has 1 aromatic carbocycles. The van der Waals surface area contributed by atoms with Crippen LogP contribution < -0.4 is 5.32 Å². The largest absolute Gasteiger partial charge is 0.449 e. The smallest absolute Gasteiger partial charge is 0.416 e. The van der Waals surface area contributed by atoms with Gasteiger partial charge in [0.2, 0.25) is 0 Å². The molecule has 1 aliphatic carbocycles. The van der Waals surface area contributed by atoms with Crippen LogP contribution in [0.15, 0.2) is 24.3 Å². The van der Waals surface area contributed by atoms with E-state index >= 15 is 0 Å². The maximum Gasteiger partial charge on any atom is 0.416 e. The van der Waals surface area contributed by atoms with Gasteiger partial charge in [-0.05, 0) is 44.0 Å². The van der Waals surface area contributed by atoms with Crippen molar-refractivity contribution in [2.24, 2.45) is 0 Å². The van der Waals surface area contributed by atoms with Gasteiger partial charge in [-0.25, -0.2) is 4.79 Å². The lowest BCUT2D eigenvalue weighted by molar-refractivity contribution is -0.137. The van der Waals surface area contributed by atoms with E-state index in [2.05, 4.69) is 11.4 Å². The first-order valence-electron chi connectivity index (χ1n) is 8.28. The SMILES string of the molecule is C[C@@H](OC(=O)c1ccc(C(F)(F)F)cc1)C(=O)NC1(C#N)CCCCC1. The van der Waals surface area contributed by atoms with E-state index in [1.54, 1.807) is 0 Å². The number of ether oxygens (including phenoxy) is 1. The molecule has 1 fully saturated rings. The Bertz CT molecular complexity index is 702. The van der Waals surface area contributed by atoms with Gasteiger partial charge in [-0.1, -0.05) is 19.3 Å². The van der Waals surface area contributed by atoms with E-state index in [0.29, 0.717) is 12.8 Å².